The van der Waals surface area contributed by atoms with Crippen LogP contribution in [0, 0.1) is 11.8 Å². The van der Waals surface area contributed by atoms with Crippen LogP contribution in [0.2, 0.25) is 0 Å². The summed E-state index contributed by atoms with van der Waals surface area (Å²) >= 11 is 0. The highest BCUT2D eigenvalue weighted by atomic mass is 16.5. The van der Waals surface area contributed by atoms with Gasteiger partial charge in [-0.15, -0.1) is 0 Å². The summed E-state index contributed by atoms with van der Waals surface area (Å²) in [6.07, 6.45) is 4.69. The molecule has 6 heteroatoms. The predicted molar refractivity (Wildman–Crippen MR) is 68.4 cm³/mol. The number of carbonyl (C=O) groups excluding carboxylic acids is 2. The topological polar surface area (TPSA) is 82.6 Å². The zero-order chi connectivity index (χ0) is 14.6. The highest BCUT2D eigenvalue weighted by Gasteiger charge is 2.65. The molecular formula is C15H13N2O4-. The van der Waals surface area contributed by atoms with E-state index in [1.807, 2.05) is 24.3 Å². The van der Waals surface area contributed by atoms with Gasteiger partial charge in [-0.3, -0.25) is 9.78 Å². The monoisotopic (exact) mass is 285 g/mol. The molecule has 2 bridgehead atoms. The first-order chi connectivity index (χ1) is 10.1. The number of carboxylic acids is 1. The van der Waals surface area contributed by atoms with E-state index in [2.05, 4.69) is 4.98 Å². The van der Waals surface area contributed by atoms with Gasteiger partial charge in [0.25, 0.3) is 0 Å². The summed E-state index contributed by atoms with van der Waals surface area (Å²) in [5.41, 5.74) is -0.0351. The summed E-state index contributed by atoms with van der Waals surface area (Å²) < 4.78 is 5.78. The fourth-order valence-corrected chi connectivity index (χ4v) is 3.67. The minimum atomic E-state index is -1.22. The molecule has 2 fully saturated rings. The Hall–Kier alpha value is -2.21. The van der Waals surface area contributed by atoms with E-state index >= 15 is 0 Å². The number of likely N-dealkylation sites (tertiary alicyclic amines) is 1. The number of carboxylic acid groups (broad SMARTS) is 1. The molecular weight excluding hydrogens is 272 g/mol. The van der Waals surface area contributed by atoms with E-state index < -0.39 is 29.5 Å². The second-order valence-electron chi connectivity index (χ2n) is 5.73. The molecule has 1 spiro atoms. The lowest BCUT2D eigenvalue weighted by atomic mass is 9.77. The van der Waals surface area contributed by atoms with Crippen LogP contribution in [0.5, 0.6) is 0 Å². The number of ether oxygens (including phenoxy) is 1. The van der Waals surface area contributed by atoms with E-state index in [0.29, 0.717) is 13.1 Å². The van der Waals surface area contributed by atoms with Gasteiger partial charge in [0.05, 0.1) is 30.8 Å². The first-order valence-electron chi connectivity index (χ1n) is 6.87. The second-order valence-corrected chi connectivity index (χ2v) is 5.73. The van der Waals surface area contributed by atoms with E-state index in [4.69, 9.17) is 4.74 Å². The number of aromatic nitrogens is 1. The fraction of sp³-hybridized carbons (Fsp3) is 0.400. The van der Waals surface area contributed by atoms with Crippen molar-refractivity contribution in [3.63, 3.8) is 0 Å². The lowest BCUT2D eigenvalue weighted by Crippen LogP contribution is -2.45. The molecule has 2 saturated heterocycles. The maximum Gasteiger partial charge on any atom is 0.230 e. The number of hydrogen-bond acceptors (Lipinski definition) is 5. The number of fused-ring (bicyclic) bond motifs is 1. The lowest BCUT2D eigenvalue weighted by Gasteiger charge is -2.24. The van der Waals surface area contributed by atoms with Crippen LogP contribution in [-0.2, 0) is 20.9 Å². The van der Waals surface area contributed by atoms with E-state index in [9.17, 15) is 14.7 Å². The molecule has 0 aromatic carbocycles. The zero-order valence-corrected chi connectivity index (χ0v) is 11.1. The molecule has 3 aliphatic rings. The van der Waals surface area contributed by atoms with Gasteiger partial charge in [0, 0.05) is 18.1 Å². The quantitative estimate of drug-likeness (QED) is 0.673. The Labute approximate surface area is 121 Å². The summed E-state index contributed by atoms with van der Waals surface area (Å²) in [5, 5.41) is 11.3. The number of pyridine rings is 1. The van der Waals surface area contributed by atoms with E-state index in [1.54, 1.807) is 17.2 Å². The van der Waals surface area contributed by atoms with Crippen molar-refractivity contribution in [2.45, 2.75) is 18.2 Å². The first-order valence-corrected chi connectivity index (χ1v) is 6.87. The van der Waals surface area contributed by atoms with E-state index in [-0.39, 0.29) is 5.91 Å². The maximum absolute atomic E-state index is 12.6. The molecule has 3 aliphatic heterocycles. The van der Waals surface area contributed by atoms with Crippen molar-refractivity contribution in [2.24, 2.45) is 11.8 Å². The van der Waals surface area contributed by atoms with Crippen molar-refractivity contribution in [3.05, 3.63) is 42.2 Å². The number of carbonyl (C=O) groups is 2. The van der Waals surface area contributed by atoms with Gasteiger partial charge in [0.15, 0.2) is 0 Å². The minimum absolute atomic E-state index is 0.193. The molecule has 1 aromatic rings. The van der Waals surface area contributed by atoms with Gasteiger partial charge in [-0.25, -0.2) is 0 Å². The van der Waals surface area contributed by atoms with E-state index in [1.165, 1.54) is 0 Å². The Morgan fingerprint density at radius 2 is 2.38 bits per heavy atom. The third kappa shape index (κ3) is 1.65. The third-order valence-electron chi connectivity index (χ3n) is 4.53. The highest BCUT2D eigenvalue weighted by molar-refractivity contribution is 5.90. The number of aliphatic carboxylic acids is 1. The number of nitrogens with zero attached hydrogens (tertiary/aromatic N) is 2. The van der Waals surface area contributed by atoms with Crippen LogP contribution in [0.3, 0.4) is 0 Å². The van der Waals surface area contributed by atoms with Gasteiger partial charge in [-0.1, -0.05) is 18.2 Å². The van der Waals surface area contributed by atoms with Crippen LogP contribution in [0.4, 0.5) is 0 Å². The van der Waals surface area contributed by atoms with Gasteiger partial charge in [-0.2, -0.15) is 0 Å². The standard InChI is InChI=1S/C15H14N2O4/c18-13-12-11(14(19)20)10-4-5-15(12,21-10)8-17(13)7-9-3-1-2-6-16-9/h1-6,10-12H,7-8H2,(H,19,20)/p-1/t10-,11-,12+,15+/m0/s1. The lowest BCUT2D eigenvalue weighted by molar-refractivity contribution is -0.313. The summed E-state index contributed by atoms with van der Waals surface area (Å²) in [4.78, 5) is 29.7. The van der Waals surface area contributed by atoms with Gasteiger partial charge >= 0.3 is 0 Å². The Morgan fingerprint density at radius 1 is 1.52 bits per heavy atom. The minimum Gasteiger partial charge on any atom is -0.550 e. The van der Waals surface area contributed by atoms with Crippen LogP contribution in [0.15, 0.2) is 36.5 Å². The summed E-state index contributed by atoms with van der Waals surface area (Å²) in [7, 11) is 0. The maximum atomic E-state index is 12.6. The second kappa shape index (κ2) is 4.14. The molecule has 0 radical (unpaired) electrons. The Morgan fingerprint density at radius 3 is 3.10 bits per heavy atom. The van der Waals surface area contributed by atoms with Gasteiger partial charge in [-0.05, 0) is 12.1 Å². The summed E-state index contributed by atoms with van der Waals surface area (Å²) in [6.45, 7) is 0.726. The van der Waals surface area contributed by atoms with Crippen LogP contribution in [0.25, 0.3) is 0 Å². The zero-order valence-electron chi connectivity index (χ0n) is 11.1. The molecule has 1 aromatic heterocycles. The Balaban J connectivity index is 1.63. The van der Waals surface area contributed by atoms with Gasteiger partial charge < -0.3 is 19.5 Å². The average Bonchev–Trinajstić information content (AvgIpc) is 3.09. The van der Waals surface area contributed by atoms with Gasteiger partial charge in [0.2, 0.25) is 5.91 Å². The molecule has 0 unspecified atom stereocenters. The Kier molecular flexibility index (Phi) is 2.47. The van der Waals surface area contributed by atoms with Crippen LogP contribution >= 0.6 is 0 Å². The van der Waals surface area contributed by atoms with Crippen LogP contribution in [-0.4, -0.2) is 40.0 Å². The normalized spacial score (nSPS) is 36.3. The molecule has 21 heavy (non-hydrogen) atoms. The third-order valence-corrected chi connectivity index (χ3v) is 4.53. The van der Waals surface area contributed by atoms with Gasteiger partial charge in [0.1, 0.15) is 5.60 Å². The predicted octanol–water partition coefficient (Wildman–Crippen LogP) is -0.887. The van der Waals surface area contributed by atoms with Crippen LogP contribution < -0.4 is 5.11 Å². The molecule has 4 heterocycles. The summed E-state index contributed by atoms with van der Waals surface area (Å²) in [5.74, 6) is -2.98. The fourth-order valence-electron chi connectivity index (χ4n) is 3.67. The van der Waals surface area contributed by atoms with Crippen molar-refractivity contribution < 1.29 is 19.4 Å². The van der Waals surface area contributed by atoms with Crippen LogP contribution in [0.1, 0.15) is 5.69 Å². The SMILES string of the molecule is O=C([O-])[C@H]1[C@@H]2C=C[C@]3(CN(Cc4ccccn4)C(=O)[C@@H]13)O2. The molecule has 0 aliphatic carbocycles. The average molecular weight is 285 g/mol. The molecule has 0 N–H and O–H groups in total. The first kappa shape index (κ1) is 12.5. The Bertz CT molecular complexity index is 644. The summed E-state index contributed by atoms with van der Waals surface area (Å²) in [6, 6.07) is 5.50. The van der Waals surface area contributed by atoms with Crippen molar-refractivity contribution in [1.29, 1.82) is 0 Å². The number of amides is 1. The highest BCUT2D eigenvalue weighted by Crippen LogP contribution is 2.51. The number of hydrogen-bond donors (Lipinski definition) is 0. The molecule has 6 nitrogen and oxygen atoms in total. The van der Waals surface area contributed by atoms with Crippen molar-refractivity contribution >= 4 is 11.9 Å². The molecule has 1 amide bonds. The van der Waals surface area contributed by atoms with E-state index in [0.717, 1.165) is 5.69 Å². The van der Waals surface area contributed by atoms with Crippen molar-refractivity contribution in [2.75, 3.05) is 6.54 Å². The van der Waals surface area contributed by atoms with Crippen molar-refractivity contribution in [3.8, 4) is 0 Å². The number of rotatable bonds is 3. The molecule has 0 saturated carbocycles. The molecule has 4 atom stereocenters. The molecule has 4 rings (SSSR count). The smallest absolute Gasteiger partial charge is 0.230 e. The molecule has 108 valence electrons. The van der Waals surface area contributed by atoms with Crippen molar-refractivity contribution in [1.82, 2.24) is 9.88 Å². The largest absolute Gasteiger partial charge is 0.550 e.